The molecular weight excluding hydrogens is 403 g/mol. The Morgan fingerprint density at radius 1 is 1.18 bits per heavy atom. The van der Waals surface area contributed by atoms with E-state index in [0.29, 0.717) is 5.56 Å². The number of benzene rings is 2. The van der Waals surface area contributed by atoms with Crippen molar-refractivity contribution in [1.82, 2.24) is 0 Å². The van der Waals surface area contributed by atoms with Gasteiger partial charge in [-0.3, -0.25) is 4.79 Å². The van der Waals surface area contributed by atoms with Gasteiger partial charge in [0.2, 0.25) is 5.91 Å². The van der Waals surface area contributed by atoms with Crippen LogP contribution in [0.2, 0.25) is 5.02 Å². The summed E-state index contributed by atoms with van der Waals surface area (Å²) >= 11 is 5.74. The van der Waals surface area contributed by atoms with Crippen LogP contribution in [0.5, 0.6) is 11.5 Å². The van der Waals surface area contributed by atoms with Crippen LogP contribution in [0.1, 0.15) is 29.3 Å². The lowest BCUT2D eigenvalue weighted by Gasteiger charge is -2.13. The monoisotopic (exact) mass is 417 g/mol. The first-order valence-corrected chi connectivity index (χ1v) is 8.31. The summed E-state index contributed by atoms with van der Waals surface area (Å²) in [4.78, 5) is 22.9. The highest BCUT2D eigenvalue weighted by Gasteiger charge is 2.32. The fraction of sp³-hybridized carbons (Fsp3) is 0.222. The van der Waals surface area contributed by atoms with Crippen LogP contribution in [0.15, 0.2) is 36.4 Å². The zero-order valence-corrected chi connectivity index (χ0v) is 15.2. The molecule has 2 aromatic rings. The Balaban J connectivity index is 2.12. The van der Waals surface area contributed by atoms with Gasteiger partial charge in [0.05, 0.1) is 16.3 Å². The number of halogens is 4. The highest BCUT2D eigenvalue weighted by molar-refractivity contribution is 6.32. The lowest BCUT2D eigenvalue weighted by atomic mass is 10.1. The second-order valence-electron chi connectivity index (χ2n) is 5.52. The normalized spacial score (nSPS) is 11.0. The van der Waals surface area contributed by atoms with Gasteiger partial charge in [-0.25, -0.2) is 4.79 Å². The molecule has 0 heterocycles. The van der Waals surface area contributed by atoms with E-state index in [1.807, 2.05) is 0 Å². The molecule has 2 aromatic carbocycles. The Hall–Kier alpha value is -2.94. The van der Waals surface area contributed by atoms with Crippen molar-refractivity contribution in [3.63, 3.8) is 0 Å². The Morgan fingerprint density at radius 2 is 1.89 bits per heavy atom. The number of aromatic carboxylic acids is 1. The summed E-state index contributed by atoms with van der Waals surface area (Å²) in [5, 5.41) is 11.5. The van der Waals surface area contributed by atoms with E-state index in [9.17, 15) is 27.9 Å². The van der Waals surface area contributed by atoms with Gasteiger partial charge in [-0.2, -0.15) is 0 Å². The van der Waals surface area contributed by atoms with E-state index in [2.05, 4.69) is 10.1 Å². The van der Waals surface area contributed by atoms with Crippen molar-refractivity contribution in [2.45, 2.75) is 26.3 Å². The lowest BCUT2D eigenvalue weighted by molar-refractivity contribution is -0.274. The first kappa shape index (κ1) is 21.4. The zero-order chi connectivity index (χ0) is 20.9. The summed E-state index contributed by atoms with van der Waals surface area (Å²) in [6, 6.07) is 7.72. The van der Waals surface area contributed by atoms with E-state index >= 15 is 0 Å². The summed E-state index contributed by atoms with van der Waals surface area (Å²) in [5.41, 5.74) is 0.508. The first-order valence-electron chi connectivity index (χ1n) is 7.93. The minimum absolute atomic E-state index is 0.0713. The number of carbonyl (C=O) groups excluding carboxylic acids is 1. The molecular formula is C18H15ClF3NO5. The van der Waals surface area contributed by atoms with E-state index in [4.69, 9.17) is 16.3 Å². The molecule has 150 valence electrons. The molecule has 0 unspecified atom stereocenters. The van der Waals surface area contributed by atoms with Crippen LogP contribution in [0.4, 0.5) is 18.9 Å². The van der Waals surface area contributed by atoms with Crippen LogP contribution in [0.3, 0.4) is 0 Å². The number of anilines is 1. The summed E-state index contributed by atoms with van der Waals surface area (Å²) in [5.74, 6) is -1.96. The molecule has 0 aliphatic carbocycles. The fourth-order valence-corrected chi connectivity index (χ4v) is 2.36. The SMILES string of the molecule is CCC(=O)Nc1ccc(COc2ccc(OC(F)(F)F)c(Cl)c2)cc1C(=O)O. The number of rotatable bonds is 7. The quantitative estimate of drug-likeness (QED) is 0.671. The largest absolute Gasteiger partial charge is 0.573 e. The topological polar surface area (TPSA) is 84.9 Å². The molecule has 0 spiro atoms. The minimum Gasteiger partial charge on any atom is -0.489 e. The van der Waals surface area contributed by atoms with Crippen molar-refractivity contribution < 1.29 is 37.3 Å². The molecule has 0 saturated heterocycles. The van der Waals surface area contributed by atoms with Gasteiger partial charge >= 0.3 is 12.3 Å². The number of carboxylic acid groups (broad SMARTS) is 1. The number of carbonyl (C=O) groups is 2. The van der Waals surface area contributed by atoms with Crippen LogP contribution < -0.4 is 14.8 Å². The van der Waals surface area contributed by atoms with Gasteiger partial charge in [-0.05, 0) is 29.8 Å². The summed E-state index contributed by atoms with van der Waals surface area (Å²) in [6.45, 7) is 1.56. The van der Waals surface area contributed by atoms with Crippen molar-refractivity contribution in [1.29, 1.82) is 0 Å². The number of hydrogen-bond donors (Lipinski definition) is 2. The van der Waals surface area contributed by atoms with Crippen LogP contribution in [-0.4, -0.2) is 23.3 Å². The van der Waals surface area contributed by atoms with E-state index in [1.165, 1.54) is 18.2 Å². The van der Waals surface area contributed by atoms with Gasteiger partial charge in [0.1, 0.15) is 18.1 Å². The number of carboxylic acids is 1. The number of alkyl halides is 3. The molecule has 10 heteroatoms. The maximum absolute atomic E-state index is 12.2. The molecule has 6 nitrogen and oxygen atoms in total. The molecule has 2 rings (SSSR count). The lowest BCUT2D eigenvalue weighted by Crippen LogP contribution is -2.17. The second-order valence-corrected chi connectivity index (χ2v) is 5.92. The van der Waals surface area contributed by atoms with Gasteiger partial charge in [0.15, 0.2) is 0 Å². The van der Waals surface area contributed by atoms with Gasteiger partial charge in [0, 0.05) is 12.5 Å². The average molecular weight is 418 g/mol. The second kappa shape index (κ2) is 8.83. The van der Waals surface area contributed by atoms with Crippen LogP contribution in [0.25, 0.3) is 0 Å². The third kappa shape index (κ3) is 6.05. The third-order valence-electron chi connectivity index (χ3n) is 3.44. The Kier molecular flexibility index (Phi) is 6.74. The van der Waals surface area contributed by atoms with Crippen LogP contribution in [-0.2, 0) is 11.4 Å². The predicted molar refractivity (Wildman–Crippen MR) is 94.8 cm³/mol. The Bertz CT molecular complexity index is 886. The zero-order valence-electron chi connectivity index (χ0n) is 14.5. The first-order chi connectivity index (χ1) is 13.1. The van der Waals surface area contributed by atoms with E-state index in [0.717, 1.165) is 12.1 Å². The van der Waals surface area contributed by atoms with Crippen LogP contribution in [0, 0.1) is 0 Å². The fourth-order valence-electron chi connectivity index (χ4n) is 2.15. The molecule has 0 aromatic heterocycles. The van der Waals surface area contributed by atoms with Crippen molar-refractivity contribution in [2.75, 3.05) is 5.32 Å². The van der Waals surface area contributed by atoms with Gasteiger partial charge in [-0.1, -0.05) is 24.6 Å². The van der Waals surface area contributed by atoms with Gasteiger partial charge in [0.25, 0.3) is 0 Å². The summed E-state index contributed by atoms with van der Waals surface area (Å²) in [6.07, 6.45) is -4.67. The summed E-state index contributed by atoms with van der Waals surface area (Å²) in [7, 11) is 0. The molecule has 0 aliphatic heterocycles. The molecule has 0 fully saturated rings. The molecule has 28 heavy (non-hydrogen) atoms. The van der Waals surface area contributed by atoms with E-state index < -0.39 is 18.1 Å². The van der Waals surface area contributed by atoms with Gasteiger partial charge < -0.3 is 19.9 Å². The maximum Gasteiger partial charge on any atom is 0.573 e. The molecule has 1 amide bonds. The number of ether oxygens (including phenoxy) is 2. The van der Waals surface area contributed by atoms with E-state index in [1.54, 1.807) is 13.0 Å². The highest BCUT2D eigenvalue weighted by atomic mass is 35.5. The van der Waals surface area contributed by atoms with E-state index in [-0.39, 0.29) is 41.0 Å². The Labute approximate surface area is 162 Å². The third-order valence-corrected chi connectivity index (χ3v) is 3.74. The van der Waals surface area contributed by atoms with Crippen molar-refractivity contribution in [3.8, 4) is 11.5 Å². The number of hydrogen-bond acceptors (Lipinski definition) is 4. The highest BCUT2D eigenvalue weighted by Crippen LogP contribution is 2.33. The molecule has 2 N–H and O–H groups in total. The van der Waals surface area contributed by atoms with Crippen molar-refractivity contribution in [3.05, 3.63) is 52.5 Å². The minimum atomic E-state index is -4.87. The smallest absolute Gasteiger partial charge is 0.489 e. The van der Waals surface area contributed by atoms with Crippen LogP contribution >= 0.6 is 11.6 Å². The molecule has 0 aliphatic rings. The van der Waals surface area contributed by atoms with Gasteiger partial charge in [-0.15, -0.1) is 13.2 Å². The molecule has 0 atom stereocenters. The Morgan fingerprint density at radius 3 is 2.46 bits per heavy atom. The summed E-state index contributed by atoms with van der Waals surface area (Å²) < 4.78 is 45.9. The molecule has 0 saturated carbocycles. The predicted octanol–water partition coefficient (Wildman–Crippen LogP) is 4.86. The van der Waals surface area contributed by atoms with Crippen molar-refractivity contribution >= 4 is 29.2 Å². The maximum atomic E-state index is 12.2. The molecule has 0 radical (unpaired) electrons. The average Bonchev–Trinajstić information content (AvgIpc) is 2.61. The number of nitrogens with one attached hydrogen (secondary N) is 1. The van der Waals surface area contributed by atoms with Crippen molar-refractivity contribution in [2.24, 2.45) is 0 Å². The number of amides is 1. The molecule has 0 bridgehead atoms. The standard InChI is InChI=1S/C18H15ClF3NO5/c1-2-16(24)23-14-5-3-10(7-12(14)17(25)26)9-27-11-4-6-15(13(19)8-11)28-18(20,21)22/h3-8H,2,9H2,1H3,(H,23,24)(H,25,26).